The monoisotopic (exact) mass is 297 g/mol. The van der Waals surface area contributed by atoms with E-state index >= 15 is 0 Å². The molecule has 0 aromatic heterocycles. The van der Waals surface area contributed by atoms with Gasteiger partial charge in [0.1, 0.15) is 0 Å². The van der Waals surface area contributed by atoms with Gasteiger partial charge >= 0.3 is 0 Å². The maximum absolute atomic E-state index is 12.1. The average molecular weight is 297 g/mol. The zero-order chi connectivity index (χ0) is 16.1. The summed E-state index contributed by atoms with van der Waals surface area (Å²) in [6, 6.07) is 14.2. The van der Waals surface area contributed by atoms with Crippen molar-refractivity contribution in [3.8, 4) is 0 Å². The van der Waals surface area contributed by atoms with E-state index in [2.05, 4.69) is 5.32 Å². The van der Waals surface area contributed by atoms with Crippen LogP contribution in [-0.2, 0) is 6.54 Å². The number of primary amides is 1. The predicted molar refractivity (Wildman–Crippen MR) is 86.9 cm³/mol. The maximum Gasteiger partial charge on any atom is 0.251 e. The van der Waals surface area contributed by atoms with Gasteiger partial charge in [0.15, 0.2) is 0 Å². The molecule has 2 rings (SSSR count). The van der Waals surface area contributed by atoms with Gasteiger partial charge in [-0.25, -0.2) is 0 Å². The average Bonchev–Trinajstić information content (AvgIpc) is 2.53. The van der Waals surface area contributed by atoms with Crippen LogP contribution in [0.2, 0.25) is 0 Å². The van der Waals surface area contributed by atoms with Crippen LogP contribution >= 0.6 is 0 Å². The first-order valence-corrected chi connectivity index (χ1v) is 6.91. The molecule has 5 nitrogen and oxygen atoms in total. The molecule has 2 amide bonds. The van der Waals surface area contributed by atoms with Crippen molar-refractivity contribution in [1.29, 1.82) is 0 Å². The lowest BCUT2D eigenvalue weighted by atomic mass is 10.1. The van der Waals surface area contributed by atoms with Crippen molar-refractivity contribution < 1.29 is 9.59 Å². The Hall–Kier alpha value is -2.82. The van der Waals surface area contributed by atoms with Gasteiger partial charge in [-0.1, -0.05) is 12.1 Å². The van der Waals surface area contributed by atoms with E-state index in [1.807, 2.05) is 31.1 Å². The molecular formula is C17H19N3O2. The molecule has 0 spiro atoms. The van der Waals surface area contributed by atoms with Crippen LogP contribution in [0.3, 0.4) is 0 Å². The largest absolute Gasteiger partial charge is 0.378 e. The van der Waals surface area contributed by atoms with E-state index in [1.54, 1.807) is 36.4 Å². The summed E-state index contributed by atoms with van der Waals surface area (Å²) in [5, 5.41) is 2.84. The number of nitrogens with zero attached hydrogens (tertiary/aromatic N) is 1. The van der Waals surface area contributed by atoms with Crippen LogP contribution in [0.4, 0.5) is 5.69 Å². The topological polar surface area (TPSA) is 75.4 Å². The number of hydrogen-bond acceptors (Lipinski definition) is 3. The quantitative estimate of drug-likeness (QED) is 0.883. The number of carbonyl (C=O) groups excluding carboxylic acids is 2. The first-order chi connectivity index (χ1) is 10.5. The van der Waals surface area contributed by atoms with Gasteiger partial charge in [0, 0.05) is 37.5 Å². The molecule has 2 aromatic carbocycles. The molecule has 114 valence electrons. The minimum Gasteiger partial charge on any atom is -0.378 e. The summed E-state index contributed by atoms with van der Waals surface area (Å²) < 4.78 is 0. The Kier molecular flexibility index (Phi) is 4.78. The second-order valence-corrected chi connectivity index (χ2v) is 5.19. The van der Waals surface area contributed by atoms with Gasteiger partial charge in [0.2, 0.25) is 5.91 Å². The second kappa shape index (κ2) is 6.76. The van der Waals surface area contributed by atoms with Crippen molar-refractivity contribution in [2.45, 2.75) is 6.54 Å². The first-order valence-electron chi connectivity index (χ1n) is 6.91. The van der Waals surface area contributed by atoms with Crippen molar-refractivity contribution in [3.05, 3.63) is 65.2 Å². The molecule has 0 aliphatic rings. The van der Waals surface area contributed by atoms with Crippen LogP contribution < -0.4 is 16.0 Å². The maximum atomic E-state index is 12.1. The molecule has 3 N–H and O–H groups in total. The van der Waals surface area contributed by atoms with E-state index < -0.39 is 5.91 Å². The highest BCUT2D eigenvalue weighted by Crippen LogP contribution is 2.12. The summed E-state index contributed by atoms with van der Waals surface area (Å²) in [6.07, 6.45) is 0. The van der Waals surface area contributed by atoms with Crippen molar-refractivity contribution in [3.63, 3.8) is 0 Å². The van der Waals surface area contributed by atoms with Crippen LogP contribution in [0.25, 0.3) is 0 Å². The van der Waals surface area contributed by atoms with E-state index in [9.17, 15) is 9.59 Å². The SMILES string of the molecule is CN(C)c1ccc(C(=O)NCc2ccc(C(N)=O)cc2)cc1. The van der Waals surface area contributed by atoms with Crippen LogP contribution in [0.5, 0.6) is 0 Å². The third kappa shape index (κ3) is 3.85. The lowest BCUT2D eigenvalue weighted by molar-refractivity contribution is 0.0949. The number of nitrogens with two attached hydrogens (primary N) is 1. The Morgan fingerprint density at radius 2 is 1.50 bits per heavy atom. The number of anilines is 1. The van der Waals surface area contributed by atoms with Gasteiger partial charge in [0.05, 0.1) is 0 Å². The fraction of sp³-hybridized carbons (Fsp3) is 0.176. The summed E-state index contributed by atoms with van der Waals surface area (Å²) >= 11 is 0. The van der Waals surface area contributed by atoms with E-state index in [0.717, 1.165) is 11.3 Å². The number of rotatable bonds is 5. The summed E-state index contributed by atoms with van der Waals surface area (Å²) in [5.74, 6) is -0.596. The van der Waals surface area contributed by atoms with Crippen LogP contribution in [0, 0.1) is 0 Å². The van der Waals surface area contributed by atoms with E-state index in [0.29, 0.717) is 17.7 Å². The van der Waals surface area contributed by atoms with Gasteiger partial charge in [0.25, 0.3) is 5.91 Å². The summed E-state index contributed by atoms with van der Waals surface area (Å²) in [7, 11) is 3.90. The fourth-order valence-corrected chi connectivity index (χ4v) is 1.98. The number of nitrogens with one attached hydrogen (secondary N) is 1. The molecule has 2 aromatic rings. The van der Waals surface area contributed by atoms with E-state index in [4.69, 9.17) is 5.73 Å². The zero-order valence-electron chi connectivity index (χ0n) is 12.7. The summed E-state index contributed by atoms with van der Waals surface area (Å²) in [5.41, 5.74) is 8.19. The Bertz CT molecular complexity index is 661. The molecule has 5 heteroatoms. The minimum absolute atomic E-state index is 0.135. The van der Waals surface area contributed by atoms with Gasteiger partial charge in [-0.3, -0.25) is 9.59 Å². The fourth-order valence-electron chi connectivity index (χ4n) is 1.98. The Morgan fingerprint density at radius 1 is 0.955 bits per heavy atom. The zero-order valence-corrected chi connectivity index (χ0v) is 12.7. The molecule has 0 aliphatic heterocycles. The van der Waals surface area contributed by atoms with Crippen LogP contribution in [0.1, 0.15) is 26.3 Å². The second-order valence-electron chi connectivity index (χ2n) is 5.19. The van der Waals surface area contributed by atoms with Gasteiger partial charge < -0.3 is 16.0 Å². The highest BCUT2D eigenvalue weighted by Gasteiger charge is 2.06. The number of carbonyl (C=O) groups is 2. The molecule has 0 atom stereocenters. The molecule has 0 bridgehead atoms. The van der Waals surface area contributed by atoms with Gasteiger partial charge in [-0.15, -0.1) is 0 Å². The molecule has 22 heavy (non-hydrogen) atoms. The molecular weight excluding hydrogens is 278 g/mol. The molecule has 0 fully saturated rings. The molecule has 0 saturated heterocycles. The van der Waals surface area contributed by atoms with E-state index in [1.165, 1.54) is 0 Å². The van der Waals surface area contributed by atoms with Crippen molar-refractivity contribution >= 4 is 17.5 Å². The van der Waals surface area contributed by atoms with Crippen molar-refractivity contribution in [2.24, 2.45) is 5.73 Å². The lowest BCUT2D eigenvalue weighted by Gasteiger charge is -2.12. The normalized spacial score (nSPS) is 10.1. The highest BCUT2D eigenvalue weighted by molar-refractivity contribution is 5.94. The van der Waals surface area contributed by atoms with Crippen molar-refractivity contribution in [1.82, 2.24) is 5.32 Å². The van der Waals surface area contributed by atoms with Gasteiger partial charge in [-0.05, 0) is 42.0 Å². The molecule has 0 unspecified atom stereocenters. The number of benzene rings is 2. The van der Waals surface area contributed by atoms with Crippen LogP contribution in [0.15, 0.2) is 48.5 Å². The minimum atomic E-state index is -0.462. The third-order valence-electron chi connectivity index (χ3n) is 3.34. The Balaban J connectivity index is 1.96. The van der Waals surface area contributed by atoms with Crippen molar-refractivity contribution in [2.75, 3.05) is 19.0 Å². The lowest BCUT2D eigenvalue weighted by Crippen LogP contribution is -2.23. The molecule has 0 heterocycles. The molecule has 0 saturated carbocycles. The molecule has 0 aliphatic carbocycles. The smallest absolute Gasteiger partial charge is 0.251 e. The summed E-state index contributed by atoms with van der Waals surface area (Å²) in [6.45, 7) is 0.396. The predicted octanol–water partition coefficient (Wildman–Crippen LogP) is 1.78. The number of hydrogen-bond donors (Lipinski definition) is 2. The van der Waals surface area contributed by atoms with E-state index in [-0.39, 0.29) is 5.91 Å². The Morgan fingerprint density at radius 3 is 2.00 bits per heavy atom. The highest BCUT2D eigenvalue weighted by atomic mass is 16.2. The summed E-state index contributed by atoms with van der Waals surface area (Å²) in [4.78, 5) is 25.0. The Labute approximate surface area is 129 Å². The number of amides is 2. The van der Waals surface area contributed by atoms with Gasteiger partial charge in [-0.2, -0.15) is 0 Å². The first kappa shape index (κ1) is 15.6. The third-order valence-corrected chi connectivity index (χ3v) is 3.34. The standard InChI is InChI=1S/C17H19N3O2/c1-20(2)15-9-7-14(8-10-15)17(22)19-11-12-3-5-13(6-4-12)16(18)21/h3-10H,11H2,1-2H3,(H2,18,21)(H,19,22). The van der Waals surface area contributed by atoms with Crippen LogP contribution in [-0.4, -0.2) is 25.9 Å². The molecule has 0 radical (unpaired) electrons.